The molecule has 1 aromatic heterocycles. The Kier molecular flexibility index (Phi) is 3.65. The van der Waals surface area contributed by atoms with Crippen LogP contribution < -0.4 is 10.5 Å². The van der Waals surface area contributed by atoms with Crippen molar-refractivity contribution < 1.29 is 4.74 Å². The van der Waals surface area contributed by atoms with Gasteiger partial charge in [-0.25, -0.2) is 4.98 Å². The summed E-state index contributed by atoms with van der Waals surface area (Å²) in [6.07, 6.45) is 4.95. The second kappa shape index (κ2) is 5.59. The minimum Gasteiger partial charge on any atom is -0.469 e. The van der Waals surface area contributed by atoms with Gasteiger partial charge in [-0.05, 0) is 42.5 Å². The van der Waals surface area contributed by atoms with Gasteiger partial charge in [-0.15, -0.1) is 0 Å². The highest BCUT2D eigenvalue weighted by Crippen LogP contribution is 2.33. The Labute approximate surface area is 123 Å². The fourth-order valence-corrected chi connectivity index (χ4v) is 2.79. The van der Waals surface area contributed by atoms with Gasteiger partial charge in [0.15, 0.2) is 0 Å². The summed E-state index contributed by atoms with van der Waals surface area (Å²) in [4.78, 5) is 4.59. The number of hydrogen-bond donors (Lipinski definition) is 1. The largest absolute Gasteiger partial charge is 0.469 e. The third-order valence-electron chi connectivity index (χ3n) is 3.60. The lowest BCUT2D eigenvalue weighted by Crippen LogP contribution is -2.18. The monoisotopic (exact) mass is 284 g/mol. The van der Waals surface area contributed by atoms with Gasteiger partial charge in [-0.1, -0.05) is 36.5 Å². The maximum atomic E-state index is 6.10. The van der Waals surface area contributed by atoms with E-state index in [2.05, 4.69) is 23.2 Å². The molecule has 0 spiro atoms. The summed E-state index contributed by atoms with van der Waals surface area (Å²) < 4.78 is 6.10. The Morgan fingerprint density at radius 2 is 2.10 bits per heavy atom. The summed E-state index contributed by atoms with van der Waals surface area (Å²) in [5, 5.41) is 0. The van der Waals surface area contributed by atoms with Crippen molar-refractivity contribution in [2.24, 2.45) is 5.73 Å². The van der Waals surface area contributed by atoms with Gasteiger partial charge in [-0.2, -0.15) is 0 Å². The zero-order chi connectivity index (χ0) is 13.9. The standard InChI is InChI=1S/C16H16N2OS/c17-15(20)13-8-4-10-18-16(13)19-14-9-3-6-11-5-1-2-7-12(11)14/h1-2,4-5,7-8,10,14H,3,6,9H2,(H2,17,20). The van der Waals surface area contributed by atoms with Crippen LogP contribution in [0.3, 0.4) is 0 Å². The summed E-state index contributed by atoms with van der Waals surface area (Å²) >= 11 is 5.05. The van der Waals surface area contributed by atoms with Crippen molar-refractivity contribution >= 4 is 17.2 Å². The van der Waals surface area contributed by atoms with E-state index in [-0.39, 0.29) is 6.10 Å². The van der Waals surface area contributed by atoms with E-state index in [1.165, 1.54) is 11.1 Å². The van der Waals surface area contributed by atoms with Gasteiger partial charge in [0.2, 0.25) is 5.88 Å². The topological polar surface area (TPSA) is 48.1 Å². The molecule has 4 heteroatoms. The molecule has 0 saturated carbocycles. The molecule has 1 atom stereocenters. The molecule has 2 aromatic rings. The number of ether oxygens (including phenoxy) is 1. The molecule has 1 heterocycles. The minimum atomic E-state index is 0.0305. The fraction of sp³-hybridized carbons (Fsp3) is 0.250. The lowest BCUT2D eigenvalue weighted by Gasteiger charge is -2.26. The number of fused-ring (bicyclic) bond motifs is 1. The zero-order valence-electron chi connectivity index (χ0n) is 11.1. The average Bonchev–Trinajstić information content (AvgIpc) is 2.48. The third kappa shape index (κ3) is 2.51. The van der Waals surface area contributed by atoms with Crippen LogP contribution in [-0.2, 0) is 6.42 Å². The number of aromatic nitrogens is 1. The summed E-state index contributed by atoms with van der Waals surface area (Å²) in [5.74, 6) is 0.529. The highest BCUT2D eigenvalue weighted by atomic mass is 32.1. The molecule has 3 nitrogen and oxygen atoms in total. The highest BCUT2D eigenvalue weighted by Gasteiger charge is 2.22. The first-order valence-corrected chi connectivity index (χ1v) is 7.16. The van der Waals surface area contributed by atoms with E-state index in [0.29, 0.717) is 16.4 Å². The minimum absolute atomic E-state index is 0.0305. The average molecular weight is 284 g/mol. The second-order valence-electron chi connectivity index (χ2n) is 4.92. The van der Waals surface area contributed by atoms with Gasteiger partial charge < -0.3 is 10.5 Å². The molecule has 20 heavy (non-hydrogen) atoms. The van der Waals surface area contributed by atoms with Crippen LogP contribution in [0, 0.1) is 0 Å². The van der Waals surface area contributed by atoms with Crippen molar-refractivity contribution in [1.29, 1.82) is 0 Å². The van der Waals surface area contributed by atoms with E-state index >= 15 is 0 Å². The quantitative estimate of drug-likeness (QED) is 0.879. The molecule has 0 saturated heterocycles. The molecular weight excluding hydrogens is 268 g/mol. The van der Waals surface area contributed by atoms with Crippen molar-refractivity contribution in [3.8, 4) is 5.88 Å². The van der Waals surface area contributed by atoms with Gasteiger partial charge >= 0.3 is 0 Å². The first-order valence-electron chi connectivity index (χ1n) is 6.75. The number of rotatable bonds is 3. The van der Waals surface area contributed by atoms with E-state index in [0.717, 1.165) is 19.3 Å². The van der Waals surface area contributed by atoms with Crippen LogP contribution in [0.5, 0.6) is 5.88 Å². The maximum absolute atomic E-state index is 6.10. The van der Waals surface area contributed by atoms with Gasteiger partial charge in [0.1, 0.15) is 11.1 Å². The van der Waals surface area contributed by atoms with Crippen LogP contribution >= 0.6 is 12.2 Å². The molecule has 0 bridgehead atoms. The van der Waals surface area contributed by atoms with Gasteiger partial charge in [-0.3, -0.25) is 0 Å². The third-order valence-corrected chi connectivity index (χ3v) is 3.82. The molecule has 1 unspecified atom stereocenters. The number of benzene rings is 1. The van der Waals surface area contributed by atoms with Crippen LogP contribution in [-0.4, -0.2) is 9.97 Å². The van der Waals surface area contributed by atoms with Crippen LogP contribution in [0.4, 0.5) is 0 Å². The van der Waals surface area contributed by atoms with Gasteiger partial charge in [0, 0.05) is 6.20 Å². The second-order valence-corrected chi connectivity index (χ2v) is 5.36. The molecule has 102 valence electrons. The number of hydrogen-bond acceptors (Lipinski definition) is 3. The van der Waals surface area contributed by atoms with E-state index in [1.54, 1.807) is 6.20 Å². The van der Waals surface area contributed by atoms with Crippen molar-refractivity contribution in [3.05, 3.63) is 59.3 Å². The van der Waals surface area contributed by atoms with Crippen LogP contribution in [0.2, 0.25) is 0 Å². The van der Waals surface area contributed by atoms with Crippen LogP contribution in [0.25, 0.3) is 0 Å². The number of nitrogens with zero attached hydrogens (tertiary/aromatic N) is 1. The van der Waals surface area contributed by atoms with E-state index in [9.17, 15) is 0 Å². The summed E-state index contributed by atoms with van der Waals surface area (Å²) in [7, 11) is 0. The normalized spacial score (nSPS) is 17.3. The predicted molar refractivity (Wildman–Crippen MR) is 82.9 cm³/mol. The van der Waals surface area contributed by atoms with Gasteiger partial charge in [0.25, 0.3) is 0 Å². The lowest BCUT2D eigenvalue weighted by atomic mass is 9.89. The number of aryl methyl sites for hydroxylation is 1. The smallest absolute Gasteiger partial charge is 0.224 e. The van der Waals surface area contributed by atoms with Crippen molar-refractivity contribution in [1.82, 2.24) is 4.98 Å². The van der Waals surface area contributed by atoms with Gasteiger partial charge in [0.05, 0.1) is 5.56 Å². The molecule has 0 fully saturated rings. The number of pyridine rings is 1. The molecule has 2 N–H and O–H groups in total. The first-order chi connectivity index (χ1) is 9.75. The van der Waals surface area contributed by atoms with E-state index in [4.69, 9.17) is 22.7 Å². The van der Waals surface area contributed by atoms with Crippen molar-refractivity contribution in [2.45, 2.75) is 25.4 Å². The predicted octanol–water partition coefficient (Wildman–Crippen LogP) is 3.17. The number of nitrogens with two attached hydrogens (primary N) is 1. The lowest BCUT2D eigenvalue weighted by molar-refractivity contribution is 0.175. The number of thiocarbonyl (C=S) groups is 1. The first kappa shape index (κ1) is 13.1. The molecular formula is C16H16N2OS. The molecule has 3 rings (SSSR count). The van der Waals surface area contributed by atoms with E-state index < -0.39 is 0 Å². The van der Waals surface area contributed by atoms with Crippen LogP contribution in [0.1, 0.15) is 35.6 Å². The zero-order valence-corrected chi connectivity index (χ0v) is 11.9. The molecule has 1 aromatic carbocycles. The molecule has 0 aliphatic heterocycles. The Balaban J connectivity index is 1.92. The SMILES string of the molecule is NC(=S)c1cccnc1OC1CCCc2ccccc21. The molecule has 1 aliphatic rings. The van der Waals surface area contributed by atoms with E-state index in [1.807, 2.05) is 18.2 Å². The Bertz CT molecular complexity index is 642. The molecule has 0 radical (unpaired) electrons. The summed E-state index contributed by atoms with van der Waals surface area (Å²) in [6, 6.07) is 12.1. The van der Waals surface area contributed by atoms with Crippen molar-refractivity contribution in [3.63, 3.8) is 0 Å². The Hall–Kier alpha value is -1.94. The Morgan fingerprint density at radius 3 is 2.95 bits per heavy atom. The molecule has 0 amide bonds. The highest BCUT2D eigenvalue weighted by molar-refractivity contribution is 7.80. The Morgan fingerprint density at radius 1 is 1.25 bits per heavy atom. The maximum Gasteiger partial charge on any atom is 0.224 e. The van der Waals surface area contributed by atoms with Crippen LogP contribution in [0.15, 0.2) is 42.6 Å². The summed E-state index contributed by atoms with van der Waals surface area (Å²) in [6.45, 7) is 0. The molecule has 1 aliphatic carbocycles. The summed E-state index contributed by atoms with van der Waals surface area (Å²) in [5.41, 5.74) is 9.03. The van der Waals surface area contributed by atoms with Crippen molar-refractivity contribution in [2.75, 3.05) is 0 Å². The fourth-order valence-electron chi connectivity index (χ4n) is 2.64.